The molecule has 5 aliphatic carbocycles. The van der Waals surface area contributed by atoms with Gasteiger partial charge >= 0.3 is 17.9 Å². The van der Waals surface area contributed by atoms with Crippen molar-refractivity contribution < 1.29 is 227 Å². The standard InChI is InChI=1S/C95H150O46/c1-14-90(9,123)24-16-18-42(32-97)78(121)135-73-56(104)39(3)127-84(70(73)118)141-91(10,15-2)25-17-19-41(31-96)77(120)133-55-30-95(87(122)140-86-76(65(113)60(108)48(34-99)131-86)139-83-71(119)74(137-82-69(117)63(111)59(107)47(33-98)129-82)72(40(4)128-83)136-81-67(115)61(109)49(35-100)130-81)44(28-88(55,5)6)43-20-21-52-92(11)26-23-54(89(7,8)51(92)22-27-93(52,12)94(43,13)29-53(95)103)134-80-68(116)64(112)62(110)50(132-80)38-126-85-75(58(106)46(102)37-125-85)138-79-66(114)57(105)45(101)36-124-79/h14-15,18-20,39-40,44-76,79-86,96-119,123H,1-2,16-17,21-38H2,3-13H3/b41-19+,42-18+/t39-,40+,44+,45-,46+,47-,48-,49+,50-,51+,52-,53-,54+,55+,56-,57+,58+,59-,60-,61+,62-,63+,64+,65+,66-,67-,68-,69-,70-,71-,72+,73+,74+,75-,76-,79+,80+,81+,82+,83+,84+,85+,86+,90+,91-,92+,93-,94-,95-/m1/s1. The fraction of sp³-hybridized carbons (Fsp3) is 0.863. The molecule has 0 amide bonds. The van der Waals surface area contributed by atoms with E-state index in [0.717, 1.165) is 0 Å². The van der Waals surface area contributed by atoms with Crippen LogP contribution in [0.25, 0.3) is 0 Å². The van der Waals surface area contributed by atoms with Crippen LogP contribution >= 0.6 is 0 Å². The number of carbonyl (C=O) groups is 3. The average molecular weight is 2030 g/mol. The predicted octanol–water partition coefficient (Wildman–Crippen LogP) is -6.45. The highest BCUT2D eigenvalue weighted by Crippen LogP contribution is 2.76. The number of fused-ring (bicyclic) bond motifs is 7. The monoisotopic (exact) mass is 2030 g/mol. The number of esters is 3. The smallest absolute Gasteiger partial charge is 0.336 e. The molecular weight excluding hydrogens is 1880 g/mol. The van der Waals surface area contributed by atoms with Crippen LogP contribution in [0.5, 0.6) is 0 Å². The van der Waals surface area contributed by atoms with E-state index >= 15 is 9.59 Å². The third-order valence-electron chi connectivity index (χ3n) is 33.2. The Balaban J connectivity index is 0.783. The molecule has 141 heavy (non-hydrogen) atoms. The van der Waals surface area contributed by atoms with Crippen LogP contribution in [0.1, 0.15) is 153 Å². The molecule has 8 aliphatic heterocycles. The second kappa shape index (κ2) is 45.0. The Morgan fingerprint density at radius 1 is 0.454 bits per heavy atom. The zero-order valence-electron chi connectivity index (χ0n) is 81.0. The molecule has 0 radical (unpaired) electrons. The average Bonchev–Trinajstić information content (AvgIpc) is 0.735. The maximum atomic E-state index is 16.8. The summed E-state index contributed by atoms with van der Waals surface area (Å²) < 4.78 is 109. The van der Waals surface area contributed by atoms with E-state index in [1.807, 2.05) is 20.8 Å². The van der Waals surface area contributed by atoms with E-state index in [2.05, 4.69) is 33.1 Å². The van der Waals surface area contributed by atoms with Crippen molar-refractivity contribution in [3.8, 4) is 0 Å². The van der Waals surface area contributed by atoms with Crippen LogP contribution in [-0.2, 0) is 99.6 Å². The zero-order chi connectivity index (χ0) is 104. The van der Waals surface area contributed by atoms with Crippen LogP contribution in [0.2, 0.25) is 0 Å². The quantitative estimate of drug-likeness (QED) is 0.00937. The van der Waals surface area contributed by atoms with Gasteiger partial charge in [0.25, 0.3) is 0 Å². The molecule has 13 aliphatic rings. The van der Waals surface area contributed by atoms with Gasteiger partial charge in [-0.15, -0.1) is 13.2 Å². The molecule has 806 valence electrons. The number of carbonyl (C=O) groups excluding carboxylic acids is 3. The lowest BCUT2D eigenvalue weighted by molar-refractivity contribution is -0.390. The van der Waals surface area contributed by atoms with Gasteiger partial charge in [0.15, 0.2) is 56.2 Å². The van der Waals surface area contributed by atoms with E-state index < -0.39 is 372 Å². The van der Waals surface area contributed by atoms with E-state index in [1.54, 1.807) is 20.8 Å². The Morgan fingerprint density at radius 3 is 1.54 bits per heavy atom. The number of rotatable bonds is 34. The van der Waals surface area contributed by atoms with E-state index in [4.69, 9.17) is 85.3 Å². The Labute approximate surface area is 815 Å². The highest BCUT2D eigenvalue weighted by Gasteiger charge is 2.74. The SMILES string of the molecule is C=C[C@](C)(O)CC/C=C(\CO)C(=O)O[C@@H]1[C@@H](O)[C@H](O[C@](C)(C=C)CC/C=C(\CO)C(=O)O[C@H]2C[C@]3(C(=O)O[C@@H]4O[C@H](CO)[C@@H](O)[C@H](O)[C@H]4O[C@@H]4O[C@@H](C)[C@H](O[C@@H]5O[C@@H](CO)[C@H](O)[C@H]5O)[C@@H](O[C@@H]5O[C@H](CO)[C@@H](O)[C@H](O)[C@H]5O)[C@H]4O)[C@H](O)C[C@]4(C)C(=CC[C@@H]5[C@@]6(C)CC[C@H](O[C@@H]7O[C@H](CO[C@@H]8OC[C@H](O)[C@H](O)[C@H]8O[C@@H]8OC[C@@H](O)[C@H](O)[C@H]8O)[C@@H](O)[C@H](O)[C@H]7O)C(C)(C)[C@@H]6CC[C@]54C)[C@@H]3CC2(C)C)O[C@H](C)[C@H]1O. The number of allylic oxidation sites excluding steroid dienone is 4. The molecule has 0 bridgehead atoms. The van der Waals surface area contributed by atoms with Crippen LogP contribution in [0.15, 0.2) is 60.3 Å². The maximum absolute atomic E-state index is 16.8. The van der Waals surface area contributed by atoms with Crippen molar-refractivity contribution in [1.82, 2.24) is 0 Å². The number of ether oxygens (including phenoxy) is 18. The Bertz CT molecular complexity index is 4310. The van der Waals surface area contributed by atoms with Gasteiger partial charge < -0.3 is 213 Å². The van der Waals surface area contributed by atoms with Crippen LogP contribution in [0.4, 0.5) is 0 Å². The van der Waals surface area contributed by atoms with Gasteiger partial charge in [0.2, 0.25) is 6.29 Å². The first-order valence-electron chi connectivity index (χ1n) is 48.6. The summed E-state index contributed by atoms with van der Waals surface area (Å²) in [5, 5.41) is 279. The molecular formula is C95H150O46. The molecule has 0 spiro atoms. The fourth-order valence-corrected chi connectivity index (χ4v) is 24.0. The minimum Gasteiger partial charge on any atom is -0.458 e. The molecule has 8 heterocycles. The van der Waals surface area contributed by atoms with E-state index in [9.17, 15) is 132 Å². The minimum absolute atomic E-state index is 0.0661. The van der Waals surface area contributed by atoms with Gasteiger partial charge in [-0.25, -0.2) is 9.59 Å². The number of hydrogen-bond acceptors (Lipinski definition) is 46. The summed E-state index contributed by atoms with van der Waals surface area (Å²) in [6.45, 7) is 21.3. The highest BCUT2D eigenvalue weighted by atomic mass is 16.8. The maximum Gasteiger partial charge on any atom is 0.336 e. The Morgan fingerprint density at radius 2 is 0.943 bits per heavy atom. The van der Waals surface area contributed by atoms with Crippen molar-refractivity contribution in [2.45, 2.75) is 410 Å². The molecule has 0 aromatic rings. The van der Waals surface area contributed by atoms with E-state index in [1.165, 1.54) is 45.1 Å². The second-order valence-corrected chi connectivity index (χ2v) is 43.0. The lowest BCUT2D eigenvalue weighted by Gasteiger charge is -2.72. The number of aliphatic hydroxyl groups excluding tert-OH is 24. The second-order valence-electron chi connectivity index (χ2n) is 43.0. The first-order valence-corrected chi connectivity index (χ1v) is 48.6. The fourth-order valence-electron chi connectivity index (χ4n) is 24.0. The predicted molar refractivity (Wildman–Crippen MR) is 473 cm³/mol. The Hall–Kier alpha value is -4.49. The molecule has 25 N–H and O–H groups in total. The summed E-state index contributed by atoms with van der Waals surface area (Å²) in [4.78, 5) is 45.4. The lowest BCUT2D eigenvalue weighted by Crippen LogP contribution is -2.70. The van der Waals surface area contributed by atoms with Crippen molar-refractivity contribution >= 4 is 17.9 Å². The normalized spacial score (nSPS) is 48.2. The topological polar surface area (TPSA) is 723 Å². The van der Waals surface area contributed by atoms with Crippen LogP contribution in [0, 0.1) is 50.2 Å². The summed E-state index contributed by atoms with van der Waals surface area (Å²) in [5.41, 5.74) is -9.17. The van der Waals surface area contributed by atoms with Gasteiger partial charge in [0.1, 0.15) is 164 Å². The van der Waals surface area contributed by atoms with Gasteiger partial charge in [-0.05, 0) is 138 Å². The molecule has 46 nitrogen and oxygen atoms in total. The molecule has 0 aromatic carbocycles. The first-order chi connectivity index (χ1) is 66.1. The van der Waals surface area contributed by atoms with Gasteiger partial charge in [-0.1, -0.05) is 84.4 Å². The molecule has 13 rings (SSSR count). The summed E-state index contributed by atoms with van der Waals surface area (Å²) >= 11 is 0. The van der Waals surface area contributed by atoms with Gasteiger partial charge in [0, 0.05) is 11.8 Å². The molecule has 49 atom stereocenters. The van der Waals surface area contributed by atoms with Crippen LogP contribution < -0.4 is 0 Å². The van der Waals surface area contributed by atoms with Gasteiger partial charge in [0.05, 0.1) is 99.6 Å². The molecule has 12 fully saturated rings. The van der Waals surface area contributed by atoms with Crippen LogP contribution in [-0.4, -0.2) is 455 Å². The third kappa shape index (κ3) is 22.1. The summed E-state index contributed by atoms with van der Waals surface area (Å²) in [5.74, 6) is -4.90. The highest BCUT2D eigenvalue weighted by molar-refractivity contribution is 5.89. The van der Waals surface area contributed by atoms with Gasteiger partial charge in [-0.2, -0.15) is 0 Å². The van der Waals surface area contributed by atoms with Crippen LogP contribution in [0.3, 0.4) is 0 Å². The molecule has 8 saturated heterocycles. The Kier molecular flexibility index (Phi) is 36.2. The van der Waals surface area contributed by atoms with E-state index in [-0.39, 0.29) is 61.5 Å². The number of hydrogen-bond donors (Lipinski definition) is 25. The first kappa shape index (κ1) is 114. The third-order valence-corrected chi connectivity index (χ3v) is 33.2. The van der Waals surface area contributed by atoms with Crippen molar-refractivity contribution in [3.05, 3.63) is 60.3 Å². The lowest BCUT2D eigenvalue weighted by atomic mass is 9.33. The summed E-state index contributed by atoms with van der Waals surface area (Å²) in [6, 6.07) is 0. The van der Waals surface area contributed by atoms with Crippen molar-refractivity contribution in [1.29, 1.82) is 0 Å². The summed E-state index contributed by atoms with van der Waals surface area (Å²) in [7, 11) is 0. The molecule has 0 aromatic heterocycles. The molecule has 4 saturated carbocycles. The molecule has 0 unspecified atom stereocenters. The largest absolute Gasteiger partial charge is 0.458 e. The van der Waals surface area contributed by atoms with Crippen molar-refractivity contribution in [3.63, 3.8) is 0 Å². The minimum atomic E-state index is -2.29. The number of aliphatic hydroxyl groups is 25. The van der Waals surface area contributed by atoms with Gasteiger partial charge in [-0.3, -0.25) is 4.79 Å². The summed E-state index contributed by atoms with van der Waals surface area (Å²) in [6.07, 6.45) is -61.4. The zero-order valence-corrected chi connectivity index (χ0v) is 81.0. The van der Waals surface area contributed by atoms with Crippen molar-refractivity contribution in [2.24, 2.45) is 50.2 Å². The van der Waals surface area contributed by atoms with E-state index in [0.29, 0.717) is 37.7 Å². The van der Waals surface area contributed by atoms with Crippen molar-refractivity contribution in [2.75, 3.05) is 52.9 Å². The molecule has 46 heteroatoms.